The Morgan fingerprint density at radius 3 is 2.45 bits per heavy atom. The fourth-order valence-corrected chi connectivity index (χ4v) is 4.11. The molecule has 2 aromatic heterocycles. The number of hydrogen-bond acceptors (Lipinski definition) is 5. The maximum atomic E-state index is 11.7. The van der Waals surface area contributed by atoms with Crippen LogP contribution >= 0.6 is 0 Å². The van der Waals surface area contributed by atoms with Gasteiger partial charge in [-0.2, -0.15) is 0 Å². The SMILES string of the molecule is C#Cc1cc(-c2ccnc(-c3ccc(S(C)(=O)=O)cc3)c2)[nH]c1N1CCNCC1. The predicted molar refractivity (Wildman–Crippen MR) is 116 cm³/mol. The molecule has 1 aliphatic heterocycles. The minimum Gasteiger partial charge on any atom is -0.355 e. The van der Waals surface area contributed by atoms with Crippen molar-refractivity contribution in [3.8, 4) is 34.9 Å². The number of hydrogen-bond donors (Lipinski definition) is 2. The lowest BCUT2D eigenvalue weighted by molar-refractivity contribution is 0.585. The molecule has 0 unspecified atom stereocenters. The molecule has 4 rings (SSSR count). The lowest BCUT2D eigenvalue weighted by atomic mass is 10.1. The number of nitrogens with zero attached hydrogens (tertiary/aromatic N) is 2. The minimum atomic E-state index is -3.22. The number of terminal acetylenes is 1. The lowest BCUT2D eigenvalue weighted by Gasteiger charge is -2.28. The van der Waals surface area contributed by atoms with Crippen molar-refractivity contribution < 1.29 is 8.42 Å². The number of aromatic nitrogens is 2. The van der Waals surface area contributed by atoms with E-state index >= 15 is 0 Å². The highest BCUT2D eigenvalue weighted by molar-refractivity contribution is 7.90. The van der Waals surface area contributed by atoms with Crippen molar-refractivity contribution >= 4 is 15.7 Å². The Hall–Kier alpha value is -3.08. The topological polar surface area (TPSA) is 78.1 Å². The third-order valence-corrected chi connectivity index (χ3v) is 6.16. The van der Waals surface area contributed by atoms with E-state index in [9.17, 15) is 8.42 Å². The van der Waals surface area contributed by atoms with E-state index in [-0.39, 0.29) is 0 Å². The van der Waals surface area contributed by atoms with Gasteiger partial charge in [0.1, 0.15) is 5.82 Å². The van der Waals surface area contributed by atoms with Crippen LogP contribution in [0.2, 0.25) is 0 Å². The molecule has 0 saturated carbocycles. The summed E-state index contributed by atoms with van der Waals surface area (Å²) in [5.74, 6) is 3.76. The van der Waals surface area contributed by atoms with Crippen LogP contribution in [0, 0.1) is 12.3 Å². The Morgan fingerprint density at radius 1 is 1.07 bits per heavy atom. The maximum Gasteiger partial charge on any atom is 0.175 e. The van der Waals surface area contributed by atoms with E-state index < -0.39 is 9.84 Å². The Bertz CT molecular complexity index is 1170. The van der Waals surface area contributed by atoms with Gasteiger partial charge in [-0.15, -0.1) is 6.42 Å². The Kier molecular flexibility index (Phi) is 5.14. The van der Waals surface area contributed by atoms with Gasteiger partial charge in [0, 0.05) is 55.5 Å². The first-order chi connectivity index (χ1) is 14.0. The van der Waals surface area contributed by atoms with Crippen LogP contribution in [0.1, 0.15) is 5.56 Å². The quantitative estimate of drug-likeness (QED) is 0.651. The molecule has 0 aliphatic carbocycles. The van der Waals surface area contributed by atoms with Gasteiger partial charge < -0.3 is 15.2 Å². The molecular formula is C22H22N4O2S. The summed E-state index contributed by atoms with van der Waals surface area (Å²) in [6.07, 6.45) is 8.69. The molecule has 3 heterocycles. The summed E-state index contributed by atoms with van der Waals surface area (Å²) >= 11 is 0. The summed E-state index contributed by atoms with van der Waals surface area (Å²) in [7, 11) is -3.22. The number of benzene rings is 1. The number of H-pyrrole nitrogens is 1. The van der Waals surface area contributed by atoms with Gasteiger partial charge in [-0.25, -0.2) is 8.42 Å². The highest BCUT2D eigenvalue weighted by Gasteiger charge is 2.17. The summed E-state index contributed by atoms with van der Waals surface area (Å²) in [5, 5.41) is 3.35. The van der Waals surface area contributed by atoms with Crippen LogP contribution < -0.4 is 10.2 Å². The van der Waals surface area contributed by atoms with Crippen LogP contribution in [0.15, 0.2) is 53.6 Å². The van der Waals surface area contributed by atoms with Gasteiger partial charge in [0.25, 0.3) is 0 Å². The van der Waals surface area contributed by atoms with Crippen LogP contribution in [0.25, 0.3) is 22.5 Å². The van der Waals surface area contributed by atoms with Crippen LogP contribution in [-0.2, 0) is 9.84 Å². The molecular weight excluding hydrogens is 384 g/mol. The number of piperazine rings is 1. The van der Waals surface area contributed by atoms with Gasteiger partial charge in [0.05, 0.1) is 16.2 Å². The Morgan fingerprint density at radius 2 is 1.79 bits per heavy atom. The summed E-state index contributed by atoms with van der Waals surface area (Å²) in [4.78, 5) is 10.5. The molecule has 1 aliphatic rings. The Balaban J connectivity index is 1.67. The number of sulfone groups is 1. The molecule has 0 bridgehead atoms. The van der Waals surface area contributed by atoms with Crippen molar-refractivity contribution in [2.75, 3.05) is 37.3 Å². The van der Waals surface area contributed by atoms with Gasteiger partial charge in [0.15, 0.2) is 9.84 Å². The molecule has 1 aromatic carbocycles. The fraction of sp³-hybridized carbons (Fsp3) is 0.227. The van der Waals surface area contributed by atoms with Crippen molar-refractivity contribution in [2.45, 2.75) is 4.90 Å². The van der Waals surface area contributed by atoms with Crippen molar-refractivity contribution in [3.63, 3.8) is 0 Å². The van der Waals surface area contributed by atoms with Gasteiger partial charge in [0.2, 0.25) is 0 Å². The first-order valence-electron chi connectivity index (χ1n) is 9.38. The van der Waals surface area contributed by atoms with Crippen LogP contribution in [0.3, 0.4) is 0 Å². The summed E-state index contributed by atoms with van der Waals surface area (Å²) < 4.78 is 23.3. The molecule has 0 radical (unpaired) electrons. The number of pyridine rings is 1. The standard InChI is InChI=1S/C22H22N4O2S/c1-3-16-14-21(25-22(16)26-12-10-23-11-13-26)18-8-9-24-20(15-18)17-4-6-19(7-5-17)29(2,27)28/h1,4-9,14-15,23,25H,10-13H2,2H3. The largest absolute Gasteiger partial charge is 0.355 e. The second-order valence-corrected chi connectivity index (χ2v) is 9.07. The molecule has 3 aromatic rings. The van der Waals surface area contributed by atoms with E-state index in [1.54, 1.807) is 30.5 Å². The number of anilines is 1. The third-order valence-electron chi connectivity index (χ3n) is 5.03. The number of aromatic amines is 1. The zero-order valence-electron chi connectivity index (χ0n) is 16.1. The average Bonchev–Trinajstić information content (AvgIpc) is 3.19. The lowest BCUT2D eigenvalue weighted by Crippen LogP contribution is -2.44. The summed E-state index contributed by atoms with van der Waals surface area (Å²) in [6, 6.07) is 12.7. The highest BCUT2D eigenvalue weighted by atomic mass is 32.2. The normalized spacial score (nSPS) is 14.6. The highest BCUT2D eigenvalue weighted by Crippen LogP contribution is 2.29. The first kappa shape index (κ1) is 19.2. The van der Waals surface area contributed by atoms with Crippen LogP contribution in [0.5, 0.6) is 0 Å². The van der Waals surface area contributed by atoms with Crippen molar-refractivity contribution in [1.29, 1.82) is 0 Å². The second-order valence-electron chi connectivity index (χ2n) is 7.05. The number of rotatable bonds is 4. The molecule has 0 spiro atoms. The second kappa shape index (κ2) is 7.74. The van der Waals surface area contributed by atoms with Crippen molar-refractivity contribution in [3.05, 3.63) is 54.2 Å². The predicted octanol–water partition coefficient (Wildman–Crippen LogP) is 2.54. The van der Waals surface area contributed by atoms with Gasteiger partial charge in [-0.3, -0.25) is 4.98 Å². The van der Waals surface area contributed by atoms with E-state index in [0.717, 1.165) is 60.1 Å². The monoisotopic (exact) mass is 406 g/mol. The first-order valence-corrected chi connectivity index (χ1v) is 11.3. The zero-order valence-corrected chi connectivity index (χ0v) is 17.0. The fourth-order valence-electron chi connectivity index (χ4n) is 3.48. The third kappa shape index (κ3) is 4.04. The van der Waals surface area contributed by atoms with Crippen molar-refractivity contribution in [1.82, 2.24) is 15.3 Å². The van der Waals surface area contributed by atoms with Crippen LogP contribution in [0.4, 0.5) is 5.82 Å². The summed E-state index contributed by atoms with van der Waals surface area (Å²) in [5.41, 5.74) is 4.37. The smallest absolute Gasteiger partial charge is 0.175 e. The van der Waals surface area contributed by atoms with E-state index in [1.807, 2.05) is 18.2 Å². The van der Waals surface area contributed by atoms with Gasteiger partial charge in [-0.1, -0.05) is 18.1 Å². The van der Waals surface area contributed by atoms with E-state index in [4.69, 9.17) is 6.42 Å². The Labute approximate surface area is 170 Å². The molecule has 0 atom stereocenters. The molecule has 7 heteroatoms. The van der Waals surface area contributed by atoms with Gasteiger partial charge >= 0.3 is 0 Å². The average molecular weight is 407 g/mol. The number of nitrogens with one attached hydrogen (secondary N) is 2. The molecule has 148 valence electrons. The zero-order chi connectivity index (χ0) is 20.4. The van der Waals surface area contributed by atoms with E-state index in [1.165, 1.54) is 6.26 Å². The molecule has 2 N–H and O–H groups in total. The molecule has 1 fully saturated rings. The van der Waals surface area contributed by atoms with E-state index in [2.05, 4.69) is 26.1 Å². The van der Waals surface area contributed by atoms with Crippen molar-refractivity contribution in [2.24, 2.45) is 0 Å². The molecule has 1 saturated heterocycles. The van der Waals surface area contributed by atoms with E-state index in [0.29, 0.717) is 4.90 Å². The molecule has 6 nitrogen and oxygen atoms in total. The molecule has 0 amide bonds. The van der Waals surface area contributed by atoms with Gasteiger partial charge in [-0.05, 0) is 30.3 Å². The summed E-state index contributed by atoms with van der Waals surface area (Å²) in [6.45, 7) is 3.67. The minimum absolute atomic E-state index is 0.293. The van der Waals surface area contributed by atoms with Crippen LogP contribution in [-0.4, -0.2) is 50.8 Å². The molecule has 29 heavy (non-hydrogen) atoms. The maximum absolute atomic E-state index is 11.7.